The Balaban J connectivity index is 1.34. The van der Waals surface area contributed by atoms with Crippen LogP contribution in [0.25, 0.3) is 11.1 Å². The van der Waals surface area contributed by atoms with Crippen molar-refractivity contribution < 1.29 is 24.0 Å². The van der Waals surface area contributed by atoms with Gasteiger partial charge in [-0.3, -0.25) is 10.1 Å². The van der Waals surface area contributed by atoms with Crippen LogP contribution < -0.4 is 15.4 Å². The Hall–Kier alpha value is -4.40. The van der Waals surface area contributed by atoms with Gasteiger partial charge in [0.15, 0.2) is 0 Å². The van der Waals surface area contributed by atoms with E-state index in [-0.39, 0.29) is 29.9 Å². The van der Waals surface area contributed by atoms with Gasteiger partial charge in [0.25, 0.3) is 5.69 Å². The molecule has 3 aromatic carbocycles. The molecule has 3 aromatic rings. The molecule has 0 heterocycles. The zero-order valence-corrected chi connectivity index (χ0v) is 19.3. The van der Waals surface area contributed by atoms with E-state index in [0.29, 0.717) is 0 Å². The lowest BCUT2D eigenvalue weighted by molar-refractivity contribution is -0.384. The summed E-state index contributed by atoms with van der Waals surface area (Å²) in [5.74, 6) is -0.109. The molecule has 0 fully saturated rings. The number of nitro groups is 1. The van der Waals surface area contributed by atoms with Crippen molar-refractivity contribution in [3.63, 3.8) is 0 Å². The predicted octanol–water partition coefficient (Wildman–Crippen LogP) is 5.20. The zero-order chi connectivity index (χ0) is 24.9. The third-order valence-corrected chi connectivity index (χ3v) is 5.82. The van der Waals surface area contributed by atoms with Crippen LogP contribution in [-0.2, 0) is 4.74 Å². The fraction of sp³-hybridized carbons (Fsp3) is 0.231. The molecule has 0 aromatic heterocycles. The van der Waals surface area contributed by atoms with Gasteiger partial charge >= 0.3 is 12.2 Å². The number of benzene rings is 3. The van der Waals surface area contributed by atoms with Gasteiger partial charge in [-0.2, -0.15) is 0 Å². The Kier molecular flexibility index (Phi) is 6.96. The average molecular weight is 476 g/mol. The summed E-state index contributed by atoms with van der Waals surface area (Å²) in [6.07, 6.45) is -2.23. The fourth-order valence-electron chi connectivity index (χ4n) is 4.04. The van der Waals surface area contributed by atoms with Crippen LogP contribution in [0.3, 0.4) is 0 Å². The van der Waals surface area contributed by atoms with Crippen LogP contribution in [0.4, 0.5) is 15.3 Å². The number of hydrogen-bond donors (Lipinski definition) is 2. The lowest BCUT2D eigenvalue weighted by Gasteiger charge is -2.23. The van der Waals surface area contributed by atoms with E-state index >= 15 is 0 Å². The van der Waals surface area contributed by atoms with E-state index in [0.717, 1.165) is 22.3 Å². The number of non-ortho nitro benzene ring substituents is 1. The van der Waals surface area contributed by atoms with Crippen molar-refractivity contribution in [3.05, 3.63) is 94.0 Å². The number of amides is 2. The molecule has 0 bridgehead atoms. The summed E-state index contributed by atoms with van der Waals surface area (Å²) < 4.78 is 10.7. The van der Waals surface area contributed by atoms with Crippen LogP contribution >= 0.6 is 0 Å². The predicted molar refractivity (Wildman–Crippen MR) is 129 cm³/mol. The maximum Gasteiger partial charge on any atom is 0.414 e. The summed E-state index contributed by atoms with van der Waals surface area (Å²) in [7, 11) is 0. The molecule has 1 aliphatic rings. The van der Waals surface area contributed by atoms with E-state index in [1.165, 1.54) is 24.3 Å². The number of fused-ring (bicyclic) bond motifs is 3. The van der Waals surface area contributed by atoms with Crippen molar-refractivity contribution in [3.8, 4) is 16.9 Å². The highest BCUT2D eigenvalue weighted by Crippen LogP contribution is 2.44. The van der Waals surface area contributed by atoms with Gasteiger partial charge in [-0.25, -0.2) is 9.59 Å². The quantitative estimate of drug-likeness (QED) is 0.275. The van der Waals surface area contributed by atoms with Gasteiger partial charge in [-0.15, -0.1) is 0 Å². The molecule has 35 heavy (non-hydrogen) atoms. The standard InChI is InChI=1S/C26H25N3O6/c1-16(2)24(28-26(31)35-18-13-11-17(12-14-18)29(32)33)27-25(30)34-15-23-21-9-5-3-7-19(21)20-8-4-6-10-22(20)23/h3-14,16,23-24H,15H2,1-2H3,(H,27,30)(H,28,31)/t24-/m1/s1. The van der Waals surface area contributed by atoms with Gasteiger partial charge in [0, 0.05) is 18.1 Å². The molecular formula is C26H25N3O6. The maximum absolute atomic E-state index is 12.6. The molecule has 0 saturated heterocycles. The van der Waals surface area contributed by atoms with Gasteiger partial charge < -0.3 is 20.1 Å². The molecule has 9 heteroatoms. The number of nitrogens with zero attached hydrogens (tertiary/aromatic N) is 1. The molecule has 2 amide bonds. The minimum Gasteiger partial charge on any atom is -0.449 e. The number of nitrogens with one attached hydrogen (secondary N) is 2. The number of rotatable bonds is 7. The minimum absolute atomic E-state index is 0.0780. The summed E-state index contributed by atoms with van der Waals surface area (Å²) in [4.78, 5) is 35.1. The number of alkyl carbamates (subject to hydrolysis) is 1. The van der Waals surface area contributed by atoms with E-state index in [9.17, 15) is 19.7 Å². The second kappa shape index (κ2) is 10.3. The van der Waals surface area contributed by atoms with Crippen LogP contribution in [-0.4, -0.2) is 29.9 Å². The largest absolute Gasteiger partial charge is 0.449 e. The maximum atomic E-state index is 12.6. The van der Waals surface area contributed by atoms with Crippen LogP contribution in [0.15, 0.2) is 72.8 Å². The van der Waals surface area contributed by atoms with E-state index in [1.807, 2.05) is 50.2 Å². The Morgan fingerprint density at radius 1 is 0.886 bits per heavy atom. The highest BCUT2D eigenvalue weighted by molar-refractivity contribution is 5.79. The summed E-state index contributed by atoms with van der Waals surface area (Å²) in [5.41, 5.74) is 4.36. The minimum atomic E-state index is -0.809. The first-order valence-electron chi connectivity index (χ1n) is 11.2. The van der Waals surface area contributed by atoms with Crippen molar-refractivity contribution >= 4 is 17.9 Å². The second-order valence-corrected chi connectivity index (χ2v) is 8.48. The molecule has 0 spiro atoms. The van der Waals surface area contributed by atoms with Gasteiger partial charge in [0.05, 0.1) is 4.92 Å². The molecule has 9 nitrogen and oxygen atoms in total. The lowest BCUT2D eigenvalue weighted by Crippen LogP contribution is -2.52. The summed E-state index contributed by atoms with van der Waals surface area (Å²) >= 11 is 0. The molecule has 0 radical (unpaired) electrons. The summed E-state index contributed by atoms with van der Waals surface area (Å²) in [5, 5.41) is 16.0. The second-order valence-electron chi connectivity index (χ2n) is 8.48. The van der Waals surface area contributed by atoms with Crippen LogP contribution in [0.1, 0.15) is 30.9 Å². The average Bonchev–Trinajstić information content (AvgIpc) is 3.16. The number of carbonyl (C=O) groups excluding carboxylic acids is 2. The van der Waals surface area contributed by atoms with Crippen LogP contribution in [0.2, 0.25) is 0 Å². The molecule has 2 N–H and O–H groups in total. The Labute approximate surface area is 202 Å². The van der Waals surface area contributed by atoms with Gasteiger partial charge in [-0.05, 0) is 40.3 Å². The first kappa shape index (κ1) is 23.7. The first-order chi connectivity index (χ1) is 16.8. The monoisotopic (exact) mass is 475 g/mol. The van der Waals surface area contributed by atoms with Gasteiger partial charge in [0.2, 0.25) is 0 Å². The molecule has 4 rings (SSSR count). The SMILES string of the molecule is CC(C)[C@H](NC(=O)OCC1c2ccccc2-c2ccccc21)NC(=O)Oc1ccc([N+](=O)[O-])cc1. The van der Waals surface area contributed by atoms with Crippen molar-refractivity contribution in [1.29, 1.82) is 0 Å². The van der Waals surface area contributed by atoms with Gasteiger partial charge in [0.1, 0.15) is 18.5 Å². The Morgan fingerprint density at radius 2 is 1.43 bits per heavy atom. The highest BCUT2D eigenvalue weighted by atomic mass is 16.6. The number of nitro benzene ring substituents is 1. The number of carbonyl (C=O) groups is 2. The highest BCUT2D eigenvalue weighted by Gasteiger charge is 2.29. The van der Waals surface area contributed by atoms with Crippen LogP contribution in [0, 0.1) is 16.0 Å². The topological polar surface area (TPSA) is 120 Å². The third kappa shape index (κ3) is 5.40. The normalized spacial score (nSPS) is 12.9. The lowest BCUT2D eigenvalue weighted by atomic mass is 9.98. The zero-order valence-electron chi connectivity index (χ0n) is 19.3. The molecule has 0 unspecified atom stereocenters. The van der Waals surface area contributed by atoms with E-state index < -0.39 is 23.3 Å². The van der Waals surface area contributed by atoms with Gasteiger partial charge in [-0.1, -0.05) is 62.4 Å². The van der Waals surface area contributed by atoms with Crippen molar-refractivity contribution in [2.24, 2.45) is 5.92 Å². The van der Waals surface area contributed by atoms with E-state index in [1.54, 1.807) is 0 Å². The molecular weight excluding hydrogens is 450 g/mol. The van der Waals surface area contributed by atoms with E-state index in [2.05, 4.69) is 22.8 Å². The first-order valence-corrected chi connectivity index (χ1v) is 11.2. The van der Waals surface area contributed by atoms with Crippen molar-refractivity contribution in [2.75, 3.05) is 6.61 Å². The molecule has 1 atom stereocenters. The number of ether oxygens (including phenoxy) is 2. The van der Waals surface area contributed by atoms with Crippen molar-refractivity contribution in [2.45, 2.75) is 25.9 Å². The summed E-state index contributed by atoms with van der Waals surface area (Å²) in [6, 6.07) is 21.2. The Morgan fingerprint density at radius 3 is 1.97 bits per heavy atom. The van der Waals surface area contributed by atoms with Crippen LogP contribution in [0.5, 0.6) is 5.75 Å². The Bertz CT molecular complexity index is 1200. The fourth-order valence-corrected chi connectivity index (χ4v) is 4.04. The molecule has 180 valence electrons. The molecule has 1 aliphatic carbocycles. The number of hydrogen-bond acceptors (Lipinski definition) is 6. The molecule has 0 aliphatic heterocycles. The van der Waals surface area contributed by atoms with Crippen molar-refractivity contribution in [1.82, 2.24) is 10.6 Å². The van der Waals surface area contributed by atoms with E-state index in [4.69, 9.17) is 9.47 Å². The smallest absolute Gasteiger partial charge is 0.414 e. The third-order valence-electron chi connectivity index (χ3n) is 5.82. The molecule has 0 saturated carbocycles. The summed E-state index contributed by atoms with van der Waals surface area (Å²) in [6.45, 7) is 3.79.